The van der Waals surface area contributed by atoms with Crippen LogP contribution in [0.2, 0.25) is 0 Å². The summed E-state index contributed by atoms with van der Waals surface area (Å²) in [5, 5.41) is 3.60. The molecule has 1 aliphatic heterocycles. The van der Waals surface area contributed by atoms with Gasteiger partial charge in [-0.2, -0.15) is 0 Å². The molecule has 0 unspecified atom stereocenters. The number of carbonyl (C=O) groups is 2. The van der Waals surface area contributed by atoms with E-state index in [0.717, 1.165) is 0 Å². The number of nitrogens with zero attached hydrogens (tertiary/aromatic N) is 3. The third kappa shape index (κ3) is 4.59. The first-order chi connectivity index (χ1) is 9.90. The fourth-order valence-electron chi connectivity index (χ4n) is 2.19. The Morgan fingerprint density at radius 3 is 2.48 bits per heavy atom. The lowest BCUT2D eigenvalue weighted by molar-refractivity contribution is -0.247. The van der Waals surface area contributed by atoms with Gasteiger partial charge in [-0.25, -0.2) is 0 Å². The molecule has 1 heterocycles. The van der Waals surface area contributed by atoms with Gasteiger partial charge in [0.25, 0.3) is 0 Å². The van der Waals surface area contributed by atoms with E-state index in [1.807, 2.05) is 0 Å². The van der Waals surface area contributed by atoms with Crippen LogP contribution in [-0.4, -0.2) is 50.2 Å². The number of carbonyl (C=O) groups excluding carboxylic acids is 2. The van der Waals surface area contributed by atoms with Gasteiger partial charge in [0.1, 0.15) is 24.9 Å². The fourth-order valence-corrected chi connectivity index (χ4v) is 2.19. The molecular weight excluding hydrogens is 282 g/mol. The minimum atomic E-state index is -0.887. The molecule has 1 aliphatic rings. The Morgan fingerprint density at radius 2 is 2.00 bits per heavy atom. The predicted molar refractivity (Wildman–Crippen MR) is 70.0 cm³/mol. The third-order valence-electron chi connectivity index (χ3n) is 3.20. The second-order valence-electron chi connectivity index (χ2n) is 4.71. The fraction of sp³-hybridized carbons (Fsp3) is 0.833. The van der Waals surface area contributed by atoms with E-state index < -0.39 is 36.5 Å². The molecule has 0 radical (unpaired) electrons. The van der Waals surface area contributed by atoms with Crippen LogP contribution in [0.15, 0.2) is 5.11 Å². The molecule has 118 valence electrons. The van der Waals surface area contributed by atoms with Crippen LogP contribution in [-0.2, 0) is 28.5 Å². The van der Waals surface area contributed by atoms with Gasteiger partial charge in [0.05, 0.1) is 0 Å². The van der Waals surface area contributed by atoms with Crippen LogP contribution in [0.3, 0.4) is 0 Å². The molecule has 0 saturated carbocycles. The van der Waals surface area contributed by atoms with E-state index in [4.69, 9.17) is 24.5 Å². The highest BCUT2D eigenvalue weighted by Crippen LogP contribution is 2.31. The van der Waals surface area contributed by atoms with Gasteiger partial charge < -0.3 is 18.9 Å². The van der Waals surface area contributed by atoms with E-state index in [9.17, 15) is 9.59 Å². The Morgan fingerprint density at radius 1 is 1.33 bits per heavy atom. The van der Waals surface area contributed by atoms with E-state index in [-0.39, 0.29) is 12.5 Å². The normalized spacial score (nSPS) is 31.9. The zero-order valence-electron chi connectivity index (χ0n) is 12.4. The average Bonchev–Trinajstić information content (AvgIpc) is 2.41. The van der Waals surface area contributed by atoms with Crippen LogP contribution in [0.5, 0.6) is 0 Å². The first kappa shape index (κ1) is 17.2. The maximum absolute atomic E-state index is 11.3. The van der Waals surface area contributed by atoms with E-state index >= 15 is 0 Å². The molecule has 1 saturated heterocycles. The van der Waals surface area contributed by atoms with Crippen molar-refractivity contribution in [1.29, 1.82) is 0 Å². The van der Waals surface area contributed by atoms with Gasteiger partial charge in [0.2, 0.25) is 0 Å². The molecule has 0 aromatic carbocycles. The molecule has 0 bridgehead atoms. The lowest BCUT2D eigenvalue weighted by Crippen LogP contribution is -2.55. The highest BCUT2D eigenvalue weighted by molar-refractivity contribution is 5.66. The summed E-state index contributed by atoms with van der Waals surface area (Å²) in [4.78, 5) is 24.9. The molecular formula is C12H19N3O6. The first-order valence-corrected chi connectivity index (χ1v) is 6.43. The van der Waals surface area contributed by atoms with Crippen molar-refractivity contribution >= 4 is 11.9 Å². The van der Waals surface area contributed by atoms with Crippen molar-refractivity contribution in [2.45, 2.75) is 45.3 Å². The van der Waals surface area contributed by atoms with Crippen LogP contribution in [0.4, 0.5) is 0 Å². The Balaban J connectivity index is 2.96. The largest absolute Gasteiger partial charge is 0.463 e. The molecule has 0 spiro atoms. The molecule has 0 aromatic heterocycles. The minimum Gasteiger partial charge on any atom is -0.463 e. The van der Waals surface area contributed by atoms with Crippen molar-refractivity contribution < 1.29 is 28.5 Å². The molecule has 1 rings (SSSR count). The average molecular weight is 301 g/mol. The lowest BCUT2D eigenvalue weighted by Gasteiger charge is -2.42. The van der Waals surface area contributed by atoms with Crippen LogP contribution in [0.1, 0.15) is 20.8 Å². The summed E-state index contributed by atoms with van der Waals surface area (Å²) in [5.74, 6) is -1.29. The second-order valence-corrected chi connectivity index (χ2v) is 4.71. The summed E-state index contributed by atoms with van der Waals surface area (Å²) in [6.45, 7) is 4.30. The number of hydrogen-bond donors (Lipinski definition) is 0. The molecule has 9 heteroatoms. The topological polar surface area (TPSA) is 120 Å². The van der Waals surface area contributed by atoms with Crippen molar-refractivity contribution in [1.82, 2.24) is 0 Å². The van der Waals surface area contributed by atoms with Crippen LogP contribution < -0.4 is 0 Å². The van der Waals surface area contributed by atoms with Crippen molar-refractivity contribution in [2.24, 2.45) is 11.0 Å². The number of azide groups is 1. The van der Waals surface area contributed by atoms with Gasteiger partial charge in [-0.3, -0.25) is 9.59 Å². The van der Waals surface area contributed by atoms with Crippen LogP contribution >= 0.6 is 0 Å². The highest BCUT2D eigenvalue weighted by Gasteiger charge is 2.46. The number of hydrogen-bond acceptors (Lipinski definition) is 7. The lowest BCUT2D eigenvalue weighted by atomic mass is 9.89. The van der Waals surface area contributed by atoms with E-state index in [1.165, 1.54) is 21.0 Å². The van der Waals surface area contributed by atoms with E-state index in [2.05, 4.69) is 10.0 Å². The van der Waals surface area contributed by atoms with E-state index in [1.54, 1.807) is 6.92 Å². The zero-order valence-corrected chi connectivity index (χ0v) is 12.4. The Labute approximate surface area is 122 Å². The van der Waals surface area contributed by atoms with Crippen molar-refractivity contribution in [3.63, 3.8) is 0 Å². The Hall–Kier alpha value is -1.83. The van der Waals surface area contributed by atoms with E-state index in [0.29, 0.717) is 0 Å². The number of ether oxygens (including phenoxy) is 4. The molecule has 0 aliphatic carbocycles. The molecule has 0 aromatic rings. The van der Waals surface area contributed by atoms with Crippen molar-refractivity contribution in [2.75, 3.05) is 13.7 Å². The summed E-state index contributed by atoms with van der Waals surface area (Å²) in [6, 6.07) is -0.813. The third-order valence-corrected chi connectivity index (χ3v) is 3.20. The number of esters is 2. The summed E-state index contributed by atoms with van der Waals surface area (Å²) >= 11 is 0. The molecule has 0 N–H and O–H groups in total. The van der Waals surface area contributed by atoms with Gasteiger partial charge in [0, 0.05) is 31.8 Å². The molecule has 9 nitrogen and oxygen atoms in total. The van der Waals surface area contributed by atoms with Gasteiger partial charge in [-0.15, -0.1) is 0 Å². The standard InChI is InChI=1S/C12H19N3O6/c1-6-9(5-19-7(2)16)21-12(18-4)10(14-15-13)11(6)20-8(3)17/h6,9-12H,5H2,1-4H3/t6-,9+,10+,11-,12+/m0/s1. The summed E-state index contributed by atoms with van der Waals surface area (Å²) in [6.07, 6.45) is -2.15. The van der Waals surface area contributed by atoms with Gasteiger partial charge in [-0.1, -0.05) is 12.0 Å². The molecule has 21 heavy (non-hydrogen) atoms. The quantitative estimate of drug-likeness (QED) is 0.325. The summed E-state index contributed by atoms with van der Waals surface area (Å²) in [7, 11) is 1.38. The zero-order chi connectivity index (χ0) is 16.0. The second kappa shape index (κ2) is 7.82. The van der Waals surface area contributed by atoms with Gasteiger partial charge in [0.15, 0.2) is 6.29 Å². The maximum Gasteiger partial charge on any atom is 0.302 e. The van der Waals surface area contributed by atoms with Gasteiger partial charge >= 0.3 is 11.9 Å². The van der Waals surface area contributed by atoms with Crippen molar-refractivity contribution in [3.8, 4) is 0 Å². The molecule has 5 atom stereocenters. The Bertz CT molecular complexity index is 437. The monoisotopic (exact) mass is 301 g/mol. The van der Waals surface area contributed by atoms with Crippen LogP contribution in [0.25, 0.3) is 10.4 Å². The minimum absolute atomic E-state index is 0.00286. The first-order valence-electron chi connectivity index (χ1n) is 6.43. The number of methoxy groups -OCH3 is 1. The smallest absolute Gasteiger partial charge is 0.302 e. The SMILES string of the molecule is CO[C@@H]1O[C@H](COC(C)=O)[C@H](C)[C@H](OC(C)=O)[C@H]1N=[N+]=[N-]. The van der Waals surface area contributed by atoms with Crippen LogP contribution in [0, 0.1) is 5.92 Å². The summed E-state index contributed by atoms with van der Waals surface area (Å²) < 4.78 is 20.9. The van der Waals surface area contributed by atoms with Gasteiger partial charge in [-0.05, 0) is 5.53 Å². The maximum atomic E-state index is 11.3. The molecule has 1 fully saturated rings. The highest BCUT2D eigenvalue weighted by atomic mass is 16.7. The Kier molecular flexibility index (Phi) is 6.41. The van der Waals surface area contributed by atoms with Crippen molar-refractivity contribution in [3.05, 3.63) is 10.4 Å². The summed E-state index contributed by atoms with van der Waals surface area (Å²) in [5.41, 5.74) is 8.65. The number of rotatable bonds is 5. The predicted octanol–water partition coefficient (Wildman–Crippen LogP) is 1.17. The molecule has 0 amide bonds.